The third-order valence-electron chi connectivity index (χ3n) is 1.63. The van der Waals surface area contributed by atoms with E-state index in [1.54, 1.807) is 0 Å². The molecule has 0 aliphatic carbocycles. The van der Waals surface area contributed by atoms with E-state index < -0.39 is 0 Å². The fraction of sp³-hybridized carbons (Fsp3) is 0.778. The molecule has 0 fully saturated rings. The molecule has 0 amide bonds. The minimum Gasteiger partial charge on any atom is -0.438 e. The zero-order chi connectivity index (χ0) is 10.1. The fourth-order valence-electron chi connectivity index (χ4n) is 0.762. The summed E-state index contributed by atoms with van der Waals surface area (Å²) in [5, 5.41) is 5.77. The van der Waals surface area contributed by atoms with Crippen LogP contribution >= 0.6 is 12.6 Å². The molecule has 0 aliphatic heterocycles. The Morgan fingerprint density at radius 1 is 1.57 bits per heavy atom. The topological polar surface area (TPSA) is 24.5 Å². The summed E-state index contributed by atoms with van der Waals surface area (Å²) in [6, 6.07) is 0.208. The first-order valence-electron chi connectivity index (χ1n) is 4.33. The molecule has 0 rings (SSSR count). The second-order valence-electron chi connectivity index (χ2n) is 3.07. The molecule has 5 heteroatoms. The maximum Gasteiger partial charge on any atom is 1.00 e. The number of thiol groups is 1. The molecule has 0 bridgehead atoms. The Morgan fingerprint density at radius 3 is 2.64 bits per heavy atom. The number of nitrogens with zero attached hydrogens (tertiary/aromatic N) is 1. The van der Waals surface area contributed by atoms with Crippen LogP contribution in [0.5, 0.6) is 0 Å². The third-order valence-corrected chi connectivity index (χ3v) is 1.78. The van der Waals surface area contributed by atoms with Gasteiger partial charge in [0.15, 0.2) is 0 Å². The Kier molecular flexibility index (Phi) is 16.3. The van der Waals surface area contributed by atoms with Crippen molar-refractivity contribution in [2.24, 2.45) is 0 Å². The van der Waals surface area contributed by atoms with Crippen molar-refractivity contribution < 1.29 is 56.1 Å². The van der Waals surface area contributed by atoms with Crippen molar-refractivity contribution in [2.75, 3.05) is 40.9 Å². The van der Waals surface area contributed by atoms with Crippen molar-refractivity contribution in [2.45, 2.75) is 6.04 Å². The molecule has 1 atom stereocenters. The second kappa shape index (κ2) is 12.7. The van der Waals surface area contributed by atoms with E-state index in [2.05, 4.69) is 28.3 Å². The van der Waals surface area contributed by atoms with Crippen LogP contribution < -0.4 is 56.7 Å². The molecule has 0 spiro atoms. The second-order valence-corrected chi connectivity index (χ2v) is 3.33. The van der Waals surface area contributed by atoms with Gasteiger partial charge in [-0.15, -0.1) is 0 Å². The zero-order valence-corrected chi connectivity index (χ0v) is 13.6. The first-order chi connectivity index (χ1) is 6.20. The van der Waals surface area contributed by atoms with Crippen molar-refractivity contribution >= 4 is 12.6 Å². The molecule has 0 aliphatic rings. The normalized spacial score (nSPS) is 13.2. The monoisotopic (exact) mass is 242 g/mol. The van der Waals surface area contributed by atoms with Gasteiger partial charge in [-0.3, -0.25) is 0 Å². The van der Waals surface area contributed by atoms with E-state index in [1.807, 2.05) is 27.2 Å². The largest absolute Gasteiger partial charge is 1.00 e. The standard InChI is InChI=1S/C9H19N2OS.K/c1-10-9(4-7-13)8-12-6-5-11(2)3;/h4,9-10,13H,5-6,8H2,1-3H3;/q-1;+1. The smallest absolute Gasteiger partial charge is 0.438 e. The maximum absolute atomic E-state index is 5.44. The van der Waals surface area contributed by atoms with Crippen LogP contribution in [0, 0.1) is 5.41 Å². The van der Waals surface area contributed by atoms with Gasteiger partial charge in [0.2, 0.25) is 0 Å². The first-order valence-corrected chi connectivity index (χ1v) is 4.78. The average Bonchev–Trinajstić information content (AvgIpc) is 2.10. The number of nitrogens with one attached hydrogen (secondary N) is 1. The summed E-state index contributed by atoms with van der Waals surface area (Å²) in [4.78, 5) is 2.09. The van der Waals surface area contributed by atoms with Crippen LogP contribution in [0.4, 0.5) is 0 Å². The Morgan fingerprint density at radius 2 is 2.21 bits per heavy atom. The fourth-order valence-corrected chi connectivity index (χ4v) is 0.942. The number of hydrogen-bond donors (Lipinski definition) is 2. The van der Waals surface area contributed by atoms with Crippen LogP contribution in [-0.2, 0) is 4.74 Å². The molecule has 0 heterocycles. The summed E-state index contributed by atoms with van der Waals surface area (Å²) in [6.45, 7) is 2.37. The van der Waals surface area contributed by atoms with E-state index >= 15 is 0 Å². The van der Waals surface area contributed by atoms with Crippen molar-refractivity contribution in [1.82, 2.24) is 10.2 Å². The average molecular weight is 242 g/mol. The van der Waals surface area contributed by atoms with Crippen LogP contribution in [0.25, 0.3) is 0 Å². The molecule has 0 saturated carbocycles. The van der Waals surface area contributed by atoms with Crippen LogP contribution in [-0.4, -0.2) is 51.8 Å². The Hall–Kier alpha value is 1.61. The molecule has 78 valence electrons. The Balaban J connectivity index is 0. The SMILES string of the molecule is CNC(C=[C-]S)COCCN(C)C.[K+]. The summed E-state index contributed by atoms with van der Waals surface area (Å²) < 4.78 is 5.44. The van der Waals surface area contributed by atoms with Gasteiger partial charge in [-0.25, -0.2) is 6.08 Å². The van der Waals surface area contributed by atoms with E-state index in [0.29, 0.717) is 6.61 Å². The molecule has 0 aromatic carbocycles. The molecule has 1 unspecified atom stereocenters. The van der Waals surface area contributed by atoms with Gasteiger partial charge >= 0.3 is 51.4 Å². The van der Waals surface area contributed by atoms with Gasteiger partial charge in [0.25, 0.3) is 0 Å². The number of ether oxygens (including phenoxy) is 1. The van der Waals surface area contributed by atoms with Crippen molar-refractivity contribution in [1.29, 1.82) is 0 Å². The summed E-state index contributed by atoms with van der Waals surface area (Å²) >= 11 is 3.88. The molecule has 0 aromatic heterocycles. The molecule has 14 heavy (non-hydrogen) atoms. The molecule has 1 N–H and O–H groups in total. The van der Waals surface area contributed by atoms with Gasteiger partial charge < -0.3 is 33.0 Å². The van der Waals surface area contributed by atoms with E-state index in [-0.39, 0.29) is 57.4 Å². The van der Waals surface area contributed by atoms with E-state index in [9.17, 15) is 0 Å². The van der Waals surface area contributed by atoms with E-state index in [4.69, 9.17) is 4.74 Å². The van der Waals surface area contributed by atoms with Crippen molar-refractivity contribution in [3.63, 3.8) is 0 Å². The molecule has 0 aromatic rings. The van der Waals surface area contributed by atoms with Gasteiger partial charge in [0.1, 0.15) is 0 Å². The maximum atomic E-state index is 5.44. The van der Waals surface area contributed by atoms with Crippen molar-refractivity contribution in [3.05, 3.63) is 11.5 Å². The van der Waals surface area contributed by atoms with Gasteiger partial charge in [0, 0.05) is 12.6 Å². The summed E-state index contributed by atoms with van der Waals surface area (Å²) in [7, 11) is 5.95. The predicted octanol–water partition coefficient (Wildman–Crippen LogP) is -2.60. The van der Waals surface area contributed by atoms with Crippen LogP contribution in [0.3, 0.4) is 0 Å². The van der Waals surface area contributed by atoms with Gasteiger partial charge in [-0.2, -0.15) is 0 Å². The Bertz CT molecular complexity index is 145. The predicted molar refractivity (Wildman–Crippen MR) is 59.0 cm³/mol. The third kappa shape index (κ3) is 11.7. The van der Waals surface area contributed by atoms with Crippen molar-refractivity contribution in [3.8, 4) is 0 Å². The van der Waals surface area contributed by atoms with Crippen LogP contribution in [0.1, 0.15) is 0 Å². The molecular weight excluding hydrogens is 223 g/mol. The Labute approximate surface area is 135 Å². The van der Waals surface area contributed by atoms with Crippen LogP contribution in [0.2, 0.25) is 0 Å². The van der Waals surface area contributed by atoms with Gasteiger partial charge in [0.05, 0.1) is 13.2 Å². The molecule has 0 saturated heterocycles. The number of rotatable bonds is 7. The number of hydrogen-bond acceptors (Lipinski definition) is 4. The quantitative estimate of drug-likeness (QED) is 0.222. The van der Waals surface area contributed by atoms with E-state index in [1.165, 1.54) is 0 Å². The summed E-state index contributed by atoms with van der Waals surface area (Å²) in [5.74, 6) is 0. The van der Waals surface area contributed by atoms with E-state index in [0.717, 1.165) is 13.2 Å². The van der Waals surface area contributed by atoms with Crippen LogP contribution in [0.15, 0.2) is 6.08 Å². The van der Waals surface area contributed by atoms with Gasteiger partial charge in [-0.1, -0.05) is 0 Å². The zero-order valence-electron chi connectivity index (χ0n) is 9.58. The van der Waals surface area contributed by atoms with Gasteiger partial charge in [-0.05, 0) is 21.1 Å². The number of likely N-dealkylation sites (N-methyl/N-ethyl adjacent to an activating group) is 2. The molecular formula is C9H19KN2OS. The molecule has 0 radical (unpaired) electrons. The minimum atomic E-state index is 0. The minimum absolute atomic E-state index is 0. The molecule has 3 nitrogen and oxygen atoms in total. The summed E-state index contributed by atoms with van der Waals surface area (Å²) in [6.07, 6.45) is 1.85. The first kappa shape index (κ1) is 18.0. The summed E-state index contributed by atoms with van der Waals surface area (Å²) in [5.41, 5.74) is 0.